The van der Waals surface area contributed by atoms with Gasteiger partial charge in [0.1, 0.15) is 0 Å². The average molecular weight is 370 g/mol. The van der Waals surface area contributed by atoms with Gasteiger partial charge in [-0.15, -0.1) is 0 Å². The Kier molecular flexibility index (Phi) is 6.67. The number of piperidine rings is 1. The maximum Gasteiger partial charge on any atom is 0.223 e. The van der Waals surface area contributed by atoms with Crippen LogP contribution in [-0.2, 0) is 9.59 Å². The topological polar surface area (TPSA) is 52.7 Å². The lowest BCUT2D eigenvalue weighted by molar-refractivity contribution is -0.129. The largest absolute Gasteiger partial charge is 0.356 e. The fourth-order valence-electron chi connectivity index (χ4n) is 3.98. The Hall–Kier alpha value is -2.14. The van der Waals surface area contributed by atoms with Gasteiger partial charge >= 0.3 is 0 Å². The number of amides is 2. The van der Waals surface area contributed by atoms with E-state index in [2.05, 4.69) is 17.1 Å². The van der Waals surface area contributed by atoms with Gasteiger partial charge in [0.25, 0.3) is 0 Å². The van der Waals surface area contributed by atoms with Crippen LogP contribution in [0.1, 0.15) is 56.7 Å². The molecule has 27 heavy (non-hydrogen) atoms. The second kappa shape index (κ2) is 9.18. The summed E-state index contributed by atoms with van der Waals surface area (Å²) in [6, 6.07) is 7.73. The highest BCUT2D eigenvalue weighted by molar-refractivity contribution is 5.81. The fraction of sp³-hybridized carbons (Fsp3) is 0.545. The number of nitrogens with zero attached hydrogens (tertiary/aromatic N) is 2. The molecule has 1 aromatic carbocycles. The van der Waals surface area contributed by atoms with Gasteiger partial charge < -0.3 is 15.1 Å². The molecule has 1 saturated heterocycles. The molecular formula is C22H31N3O2. The number of carbonyl (C=O) groups excluding carboxylic acids is 2. The van der Waals surface area contributed by atoms with E-state index in [9.17, 15) is 9.59 Å². The molecule has 1 N–H and O–H groups in total. The number of carbonyl (C=O) groups is 2. The van der Waals surface area contributed by atoms with Crippen LogP contribution in [-0.4, -0.2) is 47.8 Å². The first kappa shape index (κ1) is 19.6. The molecule has 2 aliphatic heterocycles. The second-order valence-electron chi connectivity index (χ2n) is 7.82. The second-order valence-corrected chi connectivity index (χ2v) is 7.82. The lowest BCUT2D eigenvalue weighted by atomic mass is 9.93. The van der Waals surface area contributed by atoms with Crippen molar-refractivity contribution in [1.29, 1.82) is 0 Å². The molecule has 1 unspecified atom stereocenters. The summed E-state index contributed by atoms with van der Waals surface area (Å²) >= 11 is 0. The number of rotatable bonds is 6. The SMILES string of the molecule is CC(=O)N1C=Cc2ccccc2C1CC(=O)NCCCN1CCC(C)CC1. The molecule has 0 bridgehead atoms. The van der Waals surface area contributed by atoms with Crippen molar-refractivity contribution in [2.45, 2.75) is 45.6 Å². The van der Waals surface area contributed by atoms with Crippen LogP contribution in [0.4, 0.5) is 0 Å². The van der Waals surface area contributed by atoms with Crippen LogP contribution in [0.3, 0.4) is 0 Å². The van der Waals surface area contributed by atoms with Crippen molar-refractivity contribution in [2.24, 2.45) is 5.92 Å². The van der Waals surface area contributed by atoms with Gasteiger partial charge in [-0.25, -0.2) is 0 Å². The first-order chi connectivity index (χ1) is 13.0. The smallest absolute Gasteiger partial charge is 0.223 e. The first-order valence-corrected chi connectivity index (χ1v) is 10.1. The highest BCUT2D eigenvalue weighted by atomic mass is 16.2. The molecule has 0 aliphatic carbocycles. The van der Waals surface area contributed by atoms with Crippen LogP contribution < -0.4 is 5.32 Å². The lowest BCUT2D eigenvalue weighted by Crippen LogP contribution is -2.37. The summed E-state index contributed by atoms with van der Waals surface area (Å²) in [5.74, 6) is 0.805. The summed E-state index contributed by atoms with van der Waals surface area (Å²) in [4.78, 5) is 28.6. The van der Waals surface area contributed by atoms with E-state index in [4.69, 9.17) is 0 Å². The van der Waals surface area contributed by atoms with E-state index in [0.717, 1.165) is 30.0 Å². The van der Waals surface area contributed by atoms with Crippen LogP contribution in [0.15, 0.2) is 30.5 Å². The molecule has 146 valence electrons. The van der Waals surface area contributed by atoms with E-state index in [1.54, 1.807) is 18.0 Å². The maximum atomic E-state index is 12.5. The number of hydrogen-bond acceptors (Lipinski definition) is 3. The number of likely N-dealkylation sites (tertiary alicyclic amines) is 1. The lowest BCUT2D eigenvalue weighted by Gasteiger charge is -2.32. The Morgan fingerprint density at radius 2 is 1.93 bits per heavy atom. The summed E-state index contributed by atoms with van der Waals surface area (Å²) in [5, 5.41) is 3.04. The minimum atomic E-state index is -0.229. The number of hydrogen-bond donors (Lipinski definition) is 1. The molecular weight excluding hydrogens is 338 g/mol. The molecule has 0 spiro atoms. The van der Waals surface area contributed by atoms with Gasteiger partial charge in [0.2, 0.25) is 11.8 Å². The quantitative estimate of drug-likeness (QED) is 0.784. The Labute approximate surface area is 162 Å². The van der Waals surface area contributed by atoms with Crippen molar-refractivity contribution in [3.63, 3.8) is 0 Å². The van der Waals surface area contributed by atoms with Crippen LogP contribution in [0.5, 0.6) is 0 Å². The van der Waals surface area contributed by atoms with E-state index in [1.165, 1.54) is 25.9 Å². The summed E-state index contributed by atoms with van der Waals surface area (Å²) in [7, 11) is 0. The average Bonchev–Trinajstić information content (AvgIpc) is 2.66. The summed E-state index contributed by atoms with van der Waals surface area (Å²) in [6.07, 6.45) is 7.55. The fourth-order valence-corrected chi connectivity index (χ4v) is 3.98. The van der Waals surface area contributed by atoms with E-state index < -0.39 is 0 Å². The van der Waals surface area contributed by atoms with Gasteiger partial charge in [-0.1, -0.05) is 31.2 Å². The van der Waals surface area contributed by atoms with Crippen molar-refractivity contribution in [3.05, 3.63) is 41.6 Å². The first-order valence-electron chi connectivity index (χ1n) is 10.1. The van der Waals surface area contributed by atoms with E-state index in [-0.39, 0.29) is 17.9 Å². The highest BCUT2D eigenvalue weighted by Crippen LogP contribution is 2.32. The zero-order valence-electron chi connectivity index (χ0n) is 16.5. The normalized spacial score (nSPS) is 20.4. The Morgan fingerprint density at radius 1 is 1.19 bits per heavy atom. The van der Waals surface area contributed by atoms with E-state index >= 15 is 0 Å². The minimum Gasteiger partial charge on any atom is -0.356 e. The molecule has 2 aliphatic rings. The molecule has 0 saturated carbocycles. The van der Waals surface area contributed by atoms with Crippen molar-refractivity contribution in [2.75, 3.05) is 26.2 Å². The predicted octanol–water partition coefficient (Wildman–Crippen LogP) is 3.19. The van der Waals surface area contributed by atoms with Gasteiger partial charge in [-0.05, 0) is 62.0 Å². The zero-order valence-corrected chi connectivity index (χ0v) is 16.5. The van der Waals surface area contributed by atoms with Crippen molar-refractivity contribution < 1.29 is 9.59 Å². The van der Waals surface area contributed by atoms with E-state index in [1.807, 2.05) is 30.3 Å². The van der Waals surface area contributed by atoms with E-state index in [0.29, 0.717) is 13.0 Å². The van der Waals surface area contributed by atoms with Gasteiger partial charge in [-0.3, -0.25) is 9.59 Å². The van der Waals surface area contributed by atoms with Gasteiger partial charge in [0.15, 0.2) is 0 Å². The standard InChI is InChI=1S/C22H31N3O2/c1-17-8-13-24(14-9-17)12-5-11-23-22(27)16-21-20-7-4-3-6-19(20)10-15-25(21)18(2)26/h3-4,6-7,10,15,17,21H,5,8-9,11-14,16H2,1-2H3,(H,23,27). The summed E-state index contributed by atoms with van der Waals surface area (Å²) in [5.41, 5.74) is 2.11. The third kappa shape index (κ3) is 5.19. The number of fused-ring (bicyclic) bond motifs is 1. The molecule has 1 aromatic rings. The molecule has 1 atom stereocenters. The van der Waals surface area contributed by atoms with Crippen LogP contribution in [0.25, 0.3) is 6.08 Å². The van der Waals surface area contributed by atoms with Crippen molar-refractivity contribution >= 4 is 17.9 Å². The maximum absolute atomic E-state index is 12.5. The summed E-state index contributed by atoms with van der Waals surface area (Å²) in [6.45, 7) is 7.95. The molecule has 2 amide bonds. The molecule has 3 rings (SSSR count). The van der Waals surface area contributed by atoms with Crippen LogP contribution in [0, 0.1) is 5.92 Å². The number of nitrogens with one attached hydrogen (secondary N) is 1. The predicted molar refractivity (Wildman–Crippen MR) is 108 cm³/mol. The van der Waals surface area contributed by atoms with Crippen LogP contribution >= 0.6 is 0 Å². The van der Waals surface area contributed by atoms with Crippen LogP contribution in [0.2, 0.25) is 0 Å². The minimum absolute atomic E-state index is 0.00335. The van der Waals surface area contributed by atoms with Crippen molar-refractivity contribution in [1.82, 2.24) is 15.1 Å². The van der Waals surface area contributed by atoms with Crippen molar-refractivity contribution in [3.8, 4) is 0 Å². The molecule has 0 radical (unpaired) electrons. The van der Waals surface area contributed by atoms with Gasteiger partial charge in [0, 0.05) is 19.7 Å². The van der Waals surface area contributed by atoms with Gasteiger partial charge in [0.05, 0.1) is 12.5 Å². The molecule has 2 heterocycles. The molecule has 5 heteroatoms. The summed E-state index contributed by atoms with van der Waals surface area (Å²) < 4.78 is 0. The highest BCUT2D eigenvalue weighted by Gasteiger charge is 2.28. The third-order valence-corrected chi connectivity index (χ3v) is 5.70. The molecule has 0 aromatic heterocycles. The number of benzene rings is 1. The Bertz CT molecular complexity index is 693. The Balaban J connectivity index is 1.49. The Morgan fingerprint density at radius 3 is 2.67 bits per heavy atom. The molecule has 1 fully saturated rings. The zero-order chi connectivity index (χ0) is 19.2. The van der Waals surface area contributed by atoms with Gasteiger partial charge in [-0.2, -0.15) is 0 Å². The molecule has 5 nitrogen and oxygen atoms in total. The monoisotopic (exact) mass is 369 g/mol. The third-order valence-electron chi connectivity index (χ3n) is 5.70.